The average Bonchev–Trinajstić information content (AvgIpc) is 2.96. The van der Waals surface area contributed by atoms with Crippen molar-refractivity contribution in [2.75, 3.05) is 4.90 Å². The molecule has 1 saturated heterocycles. The van der Waals surface area contributed by atoms with E-state index < -0.39 is 22.0 Å². The van der Waals surface area contributed by atoms with E-state index in [0.29, 0.717) is 5.69 Å². The Hall–Kier alpha value is -3.71. The largest absolute Gasteiger partial charge is 0.274 e. The highest BCUT2D eigenvalue weighted by molar-refractivity contribution is 8.15. The van der Waals surface area contributed by atoms with Gasteiger partial charge in [0.25, 0.3) is 5.69 Å². The number of anilines is 1. The lowest BCUT2D eigenvalue weighted by Gasteiger charge is -2.14. The van der Waals surface area contributed by atoms with Gasteiger partial charge >= 0.3 is 0 Å². The van der Waals surface area contributed by atoms with E-state index in [1.807, 2.05) is 6.07 Å². The number of hydrogen-bond acceptors (Lipinski definition) is 7. The van der Waals surface area contributed by atoms with E-state index in [2.05, 4.69) is 10.3 Å². The molecule has 0 aromatic heterocycles. The molecule has 9 nitrogen and oxygen atoms in total. The van der Waals surface area contributed by atoms with Crippen LogP contribution in [0, 0.1) is 21.6 Å². The van der Waals surface area contributed by atoms with Crippen molar-refractivity contribution < 1.29 is 14.5 Å². The minimum absolute atomic E-state index is 0.0680. The molecule has 2 amide bonds. The first-order valence-corrected chi connectivity index (χ1v) is 8.94. The summed E-state index contributed by atoms with van der Waals surface area (Å²) < 4.78 is 0. The van der Waals surface area contributed by atoms with E-state index in [0.717, 1.165) is 16.7 Å². The van der Waals surface area contributed by atoms with Gasteiger partial charge in [-0.1, -0.05) is 30.0 Å². The minimum Gasteiger partial charge on any atom is -0.274 e. The molecule has 1 aliphatic heterocycles. The zero-order chi connectivity index (χ0) is 20.1. The summed E-state index contributed by atoms with van der Waals surface area (Å²) in [6.45, 7) is 0. The van der Waals surface area contributed by atoms with Gasteiger partial charge in [-0.05, 0) is 24.3 Å². The van der Waals surface area contributed by atoms with Crippen LogP contribution in [-0.4, -0.2) is 27.2 Å². The van der Waals surface area contributed by atoms with Gasteiger partial charge < -0.3 is 0 Å². The van der Waals surface area contributed by atoms with Gasteiger partial charge in [-0.3, -0.25) is 25.0 Å². The Bertz CT molecular complexity index is 985. The number of benzene rings is 2. The number of nitriles is 1. The number of nitro benzene ring substituents is 1. The highest BCUT2D eigenvalue weighted by Gasteiger charge is 2.41. The molecule has 140 valence electrons. The van der Waals surface area contributed by atoms with Crippen molar-refractivity contribution in [1.29, 1.82) is 5.26 Å². The number of thioether (sulfide) groups is 1. The fourth-order valence-corrected chi connectivity index (χ4v) is 3.54. The Morgan fingerprint density at radius 3 is 2.50 bits per heavy atom. The second-order valence-electron chi connectivity index (χ2n) is 5.64. The Morgan fingerprint density at radius 2 is 1.89 bits per heavy atom. The van der Waals surface area contributed by atoms with Gasteiger partial charge in [0.15, 0.2) is 11.4 Å². The number of hydrogen-bond donors (Lipinski definition) is 1. The molecular weight excluding hydrogens is 382 g/mol. The van der Waals surface area contributed by atoms with Gasteiger partial charge in [0.05, 0.1) is 16.3 Å². The maximum atomic E-state index is 12.7. The van der Waals surface area contributed by atoms with Crippen LogP contribution in [0.2, 0.25) is 0 Å². The van der Waals surface area contributed by atoms with Crippen molar-refractivity contribution >= 4 is 45.8 Å². The van der Waals surface area contributed by atoms with Crippen molar-refractivity contribution in [3.63, 3.8) is 0 Å². The molecule has 1 unspecified atom stereocenters. The number of non-ortho nitro benzene ring substituents is 1. The SMILES string of the molecule is N#CNC(=Nc1ccccc1)SC1CC(=O)N(c2ccc([N+](=O)[O-])cc2)C1=O. The summed E-state index contributed by atoms with van der Waals surface area (Å²) in [6.07, 6.45) is 1.70. The molecule has 1 N–H and O–H groups in total. The quantitative estimate of drug-likeness (QED) is 0.160. The number of imide groups is 1. The van der Waals surface area contributed by atoms with Crippen LogP contribution in [0.15, 0.2) is 59.6 Å². The van der Waals surface area contributed by atoms with Gasteiger partial charge in [-0.15, -0.1) is 0 Å². The first-order valence-electron chi connectivity index (χ1n) is 8.06. The second-order valence-corrected chi connectivity index (χ2v) is 6.83. The van der Waals surface area contributed by atoms with Crippen LogP contribution in [0.5, 0.6) is 0 Å². The monoisotopic (exact) mass is 395 g/mol. The molecule has 0 bridgehead atoms. The number of nitrogens with one attached hydrogen (secondary N) is 1. The lowest BCUT2D eigenvalue weighted by atomic mass is 10.2. The summed E-state index contributed by atoms with van der Waals surface area (Å²) in [7, 11) is 0. The minimum atomic E-state index is -0.758. The Balaban J connectivity index is 1.79. The van der Waals surface area contributed by atoms with Crippen molar-refractivity contribution in [2.45, 2.75) is 11.7 Å². The fourth-order valence-electron chi connectivity index (χ4n) is 2.58. The zero-order valence-corrected chi connectivity index (χ0v) is 15.1. The third kappa shape index (κ3) is 4.16. The number of amides is 2. The average molecular weight is 395 g/mol. The molecule has 0 radical (unpaired) electrons. The highest BCUT2D eigenvalue weighted by atomic mass is 32.2. The number of para-hydroxylation sites is 1. The van der Waals surface area contributed by atoms with Crippen LogP contribution >= 0.6 is 11.8 Å². The number of nitrogens with zero attached hydrogens (tertiary/aromatic N) is 4. The van der Waals surface area contributed by atoms with Gasteiger partial charge in [0.1, 0.15) is 5.25 Å². The molecule has 0 aliphatic carbocycles. The molecule has 1 heterocycles. The van der Waals surface area contributed by atoms with Gasteiger partial charge in [-0.25, -0.2) is 9.89 Å². The van der Waals surface area contributed by atoms with Crippen LogP contribution in [0.4, 0.5) is 17.1 Å². The van der Waals surface area contributed by atoms with E-state index in [4.69, 9.17) is 5.26 Å². The fraction of sp³-hybridized carbons (Fsp3) is 0.111. The van der Waals surface area contributed by atoms with Gasteiger partial charge in [0.2, 0.25) is 11.8 Å². The van der Waals surface area contributed by atoms with Crippen molar-refractivity contribution in [3.8, 4) is 6.19 Å². The normalized spacial score (nSPS) is 16.8. The molecule has 0 saturated carbocycles. The van der Waals surface area contributed by atoms with Crippen molar-refractivity contribution in [2.24, 2.45) is 4.99 Å². The van der Waals surface area contributed by atoms with Crippen LogP contribution in [-0.2, 0) is 9.59 Å². The second kappa shape index (κ2) is 8.32. The topological polar surface area (TPSA) is 129 Å². The smallest absolute Gasteiger partial charge is 0.269 e. The van der Waals surface area contributed by atoms with Crippen molar-refractivity contribution in [3.05, 3.63) is 64.7 Å². The lowest BCUT2D eigenvalue weighted by Crippen LogP contribution is -2.32. The molecule has 1 fully saturated rings. The number of aliphatic imine (C=N–C) groups is 1. The molecule has 1 atom stereocenters. The predicted molar refractivity (Wildman–Crippen MR) is 104 cm³/mol. The summed E-state index contributed by atoms with van der Waals surface area (Å²) in [5.74, 6) is -0.892. The summed E-state index contributed by atoms with van der Waals surface area (Å²) in [4.78, 5) is 40.5. The van der Waals surface area contributed by atoms with Gasteiger partial charge in [0, 0.05) is 18.6 Å². The van der Waals surface area contributed by atoms with Crippen LogP contribution in [0.1, 0.15) is 6.42 Å². The van der Waals surface area contributed by atoms with Crippen LogP contribution in [0.3, 0.4) is 0 Å². The maximum absolute atomic E-state index is 12.7. The molecule has 2 aromatic rings. The van der Waals surface area contributed by atoms with E-state index in [-0.39, 0.29) is 23.0 Å². The van der Waals surface area contributed by atoms with Gasteiger partial charge in [-0.2, -0.15) is 5.26 Å². The van der Waals surface area contributed by atoms with E-state index in [1.165, 1.54) is 24.3 Å². The number of carbonyl (C=O) groups is 2. The summed E-state index contributed by atoms with van der Waals surface area (Å²) >= 11 is 0.986. The third-order valence-electron chi connectivity index (χ3n) is 3.83. The van der Waals surface area contributed by atoms with E-state index >= 15 is 0 Å². The van der Waals surface area contributed by atoms with Crippen LogP contribution < -0.4 is 10.2 Å². The molecular formula is C18H13N5O4S. The molecule has 1 aliphatic rings. The summed E-state index contributed by atoms with van der Waals surface area (Å²) in [5, 5.41) is 21.6. The maximum Gasteiger partial charge on any atom is 0.269 e. The van der Waals surface area contributed by atoms with Crippen LogP contribution in [0.25, 0.3) is 0 Å². The Labute approximate surface area is 163 Å². The first kappa shape index (κ1) is 19.1. The number of nitro groups is 1. The van der Waals surface area contributed by atoms with E-state index in [9.17, 15) is 19.7 Å². The summed E-state index contributed by atoms with van der Waals surface area (Å²) in [6, 6.07) is 14.1. The molecule has 10 heteroatoms. The molecule has 3 rings (SSSR count). The predicted octanol–water partition coefficient (Wildman–Crippen LogP) is 2.72. The van der Waals surface area contributed by atoms with E-state index in [1.54, 1.807) is 30.5 Å². The zero-order valence-electron chi connectivity index (χ0n) is 14.3. The Morgan fingerprint density at radius 1 is 1.21 bits per heavy atom. The standard InChI is InChI=1S/C18H13N5O4S/c19-11-20-18(21-12-4-2-1-3-5-12)28-15-10-16(24)22(17(15)25)13-6-8-14(9-7-13)23(26)27/h1-9,15H,10H2,(H,20,21). The molecule has 0 spiro atoms. The first-order chi connectivity index (χ1) is 13.5. The summed E-state index contributed by atoms with van der Waals surface area (Å²) in [5.41, 5.74) is 0.722. The molecule has 28 heavy (non-hydrogen) atoms. The number of amidine groups is 1. The highest BCUT2D eigenvalue weighted by Crippen LogP contribution is 2.31. The lowest BCUT2D eigenvalue weighted by molar-refractivity contribution is -0.384. The Kier molecular flexibility index (Phi) is 5.67. The number of rotatable bonds is 4. The third-order valence-corrected chi connectivity index (χ3v) is 4.90. The molecule has 2 aromatic carbocycles. The van der Waals surface area contributed by atoms with Crippen molar-refractivity contribution in [1.82, 2.24) is 5.32 Å². The number of carbonyl (C=O) groups excluding carboxylic acids is 2.